The first-order chi connectivity index (χ1) is 13.1. The minimum atomic E-state index is -0.907. The summed E-state index contributed by atoms with van der Waals surface area (Å²) < 4.78 is 21.2. The van der Waals surface area contributed by atoms with Gasteiger partial charge in [-0.05, 0) is 42.0 Å². The molecule has 1 heterocycles. The van der Waals surface area contributed by atoms with Crippen LogP contribution in [0.5, 0.6) is 23.0 Å². The van der Waals surface area contributed by atoms with Crippen molar-refractivity contribution >= 4 is 11.3 Å². The van der Waals surface area contributed by atoms with Gasteiger partial charge in [-0.25, -0.2) is 4.98 Å². The lowest BCUT2D eigenvalue weighted by Gasteiger charge is -2.16. The van der Waals surface area contributed by atoms with E-state index < -0.39 is 6.10 Å². The van der Waals surface area contributed by atoms with Crippen molar-refractivity contribution in [2.45, 2.75) is 6.10 Å². The van der Waals surface area contributed by atoms with Crippen LogP contribution in [0.1, 0.15) is 16.7 Å². The number of aromatic nitrogens is 1. The highest BCUT2D eigenvalue weighted by atomic mass is 32.1. The Labute approximate surface area is 161 Å². The standard InChI is InChI=1S/C20H21NO5S/c1-23-14-7-5-12(6-8-14)15-11-27-20(21-15)18(22)13-9-16(24-2)19(26-4)17(10-13)25-3/h5-11,18,22H,1-4H3. The summed E-state index contributed by atoms with van der Waals surface area (Å²) >= 11 is 1.39. The van der Waals surface area contributed by atoms with Crippen LogP contribution in [0.25, 0.3) is 11.3 Å². The minimum Gasteiger partial charge on any atom is -0.497 e. The Hall–Kier alpha value is -2.77. The Morgan fingerprint density at radius 2 is 1.52 bits per heavy atom. The van der Waals surface area contributed by atoms with Gasteiger partial charge in [0.2, 0.25) is 5.75 Å². The SMILES string of the molecule is COc1ccc(-c2csc(C(O)c3cc(OC)c(OC)c(OC)c3)n2)cc1. The van der Waals surface area contributed by atoms with Crippen molar-refractivity contribution in [2.24, 2.45) is 0 Å². The van der Waals surface area contributed by atoms with Crippen molar-refractivity contribution in [1.29, 1.82) is 0 Å². The molecule has 2 aromatic carbocycles. The van der Waals surface area contributed by atoms with E-state index in [1.807, 2.05) is 29.6 Å². The number of hydrogen-bond acceptors (Lipinski definition) is 7. The normalized spacial score (nSPS) is 11.7. The molecular formula is C20H21NO5S. The third-order valence-corrected chi connectivity index (χ3v) is 5.04. The average Bonchev–Trinajstić information content (AvgIpc) is 3.22. The quantitative estimate of drug-likeness (QED) is 0.662. The number of hydrogen-bond donors (Lipinski definition) is 1. The van der Waals surface area contributed by atoms with Gasteiger partial charge < -0.3 is 24.1 Å². The van der Waals surface area contributed by atoms with Gasteiger partial charge in [-0.1, -0.05) is 0 Å². The molecule has 0 spiro atoms. The lowest BCUT2D eigenvalue weighted by molar-refractivity contribution is 0.218. The number of thiazole rings is 1. The van der Waals surface area contributed by atoms with Crippen LogP contribution in [0, 0.1) is 0 Å². The van der Waals surface area contributed by atoms with Crippen LogP contribution in [0.3, 0.4) is 0 Å². The van der Waals surface area contributed by atoms with Crippen LogP contribution >= 0.6 is 11.3 Å². The predicted octanol–water partition coefficient (Wildman–Crippen LogP) is 3.93. The number of aliphatic hydroxyl groups excluding tert-OH is 1. The van der Waals surface area contributed by atoms with E-state index >= 15 is 0 Å². The maximum absolute atomic E-state index is 10.8. The Bertz CT molecular complexity index is 882. The van der Waals surface area contributed by atoms with Gasteiger partial charge in [0.05, 0.1) is 34.1 Å². The molecule has 1 N–H and O–H groups in total. The molecular weight excluding hydrogens is 366 g/mol. The van der Waals surface area contributed by atoms with E-state index in [9.17, 15) is 5.11 Å². The Kier molecular flexibility index (Phi) is 5.83. The summed E-state index contributed by atoms with van der Waals surface area (Å²) in [5, 5.41) is 13.3. The highest BCUT2D eigenvalue weighted by Crippen LogP contribution is 2.41. The number of benzene rings is 2. The number of ether oxygens (including phenoxy) is 4. The summed E-state index contributed by atoms with van der Waals surface area (Å²) in [6, 6.07) is 11.1. The monoisotopic (exact) mass is 387 g/mol. The fourth-order valence-electron chi connectivity index (χ4n) is 2.71. The summed E-state index contributed by atoms with van der Waals surface area (Å²) in [6.07, 6.45) is -0.907. The van der Waals surface area contributed by atoms with Gasteiger partial charge in [-0.15, -0.1) is 11.3 Å². The zero-order valence-corrected chi connectivity index (χ0v) is 16.4. The van der Waals surface area contributed by atoms with Crippen LogP contribution in [-0.2, 0) is 0 Å². The molecule has 142 valence electrons. The molecule has 0 saturated heterocycles. The topological polar surface area (TPSA) is 70.0 Å². The summed E-state index contributed by atoms with van der Waals surface area (Å²) in [7, 11) is 6.25. The average molecular weight is 387 g/mol. The third kappa shape index (κ3) is 3.84. The second-order valence-corrected chi connectivity index (χ2v) is 6.55. The van der Waals surface area contributed by atoms with Crippen LogP contribution in [-0.4, -0.2) is 38.5 Å². The lowest BCUT2D eigenvalue weighted by Crippen LogP contribution is -2.02. The highest BCUT2D eigenvalue weighted by molar-refractivity contribution is 7.10. The molecule has 0 aliphatic heterocycles. The van der Waals surface area contributed by atoms with Gasteiger partial charge in [0, 0.05) is 10.9 Å². The van der Waals surface area contributed by atoms with E-state index in [1.54, 1.807) is 40.6 Å². The van der Waals surface area contributed by atoms with Crippen LogP contribution in [0.15, 0.2) is 41.8 Å². The second-order valence-electron chi connectivity index (χ2n) is 5.66. The van der Waals surface area contributed by atoms with E-state index in [-0.39, 0.29) is 0 Å². The summed E-state index contributed by atoms with van der Waals surface area (Å²) in [5.41, 5.74) is 2.36. The van der Waals surface area contributed by atoms with E-state index in [4.69, 9.17) is 18.9 Å². The Morgan fingerprint density at radius 1 is 0.889 bits per heavy atom. The molecule has 7 heteroatoms. The zero-order valence-electron chi connectivity index (χ0n) is 15.6. The van der Waals surface area contributed by atoms with Gasteiger partial charge in [0.15, 0.2) is 11.5 Å². The molecule has 0 amide bonds. The Morgan fingerprint density at radius 3 is 2.04 bits per heavy atom. The molecule has 0 radical (unpaired) electrons. The number of rotatable bonds is 7. The fourth-order valence-corrected chi connectivity index (χ4v) is 3.55. The van der Waals surface area contributed by atoms with E-state index in [1.165, 1.54) is 11.3 Å². The number of methoxy groups -OCH3 is 4. The maximum Gasteiger partial charge on any atom is 0.203 e. The molecule has 27 heavy (non-hydrogen) atoms. The Balaban J connectivity index is 1.92. The van der Waals surface area contributed by atoms with Gasteiger partial charge in [0.1, 0.15) is 16.9 Å². The first-order valence-corrected chi connectivity index (χ1v) is 9.07. The molecule has 1 unspecified atom stereocenters. The van der Waals surface area contributed by atoms with Crippen molar-refractivity contribution in [3.63, 3.8) is 0 Å². The van der Waals surface area contributed by atoms with Gasteiger partial charge in [0.25, 0.3) is 0 Å². The molecule has 3 rings (SSSR count). The third-order valence-electron chi connectivity index (χ3n) is 4.14. The molecule has 0 fully saturated rings. The van der Waals surface area contributed by atoms with Crippen molar-refractivity contribution in [3.8, 4) is 34.3 Å². The largest absolute Gasteiger partial charge is 0.497 e. The summed E-state index contributed by atoms with van der Waals surface area (Å²) in [6.45, 7) is 0. The van der Waals surface area contributed by atoms with E-state index in [0.717, 1.165) is 17.0 Å². The van der Waals surface area contributed by atoms with Crippen LogP contribution in [0.2, 0.25) is 0 Å². The number of nitrogens with zero attached hydrogens (tertiary/aromatic N) is 1. The zero-order chi connectivity index (χ0) is 19.4. The molecule has 1 atom stereocenters. The lowest BCUT2D eigenvalue weighted by atomic mass is 10.1. The first kappa shape index (κ1) is 19.0. The molecule has 6 nitrogen and oxygen atoms in total. The predicted molar refractivity (Wildman–Crippen MR) is 104 cm³/mol. The maximum atomic E-state index is 10.8. The molecule has 0 aliphatic rings. The highest BCUT2D eigenvalue weighted by Gasteiger charge is 2.21. The smallest absolute Gasteiger partial charge is 0.203 e. The molecule has 0 bridgehead atoms. The first-order valence-electron chi connectivity index (χ1n) is 8.19. The van der Waals surface area contributed by atoms with Gasteiger partial charge >= 0.3 is 0 Å². The molecule has 3 aromatic rings. The molecule has 0 aliphatic carbocycles. The van der Waals surface area contributed by atoms with Crippen molar-refractivity contribution in [1.82, 2.24) is 4.98 Å². The van der Waals surface area contributed by atoms with Crippen LogP contribution < -0.4 is 18.9 Å². The van der Waals surface area contributed by atoms with Crippen molar-refractivity contribution in [2.75, 3.05) is 28.4 Å². The molecule has 0 saturated carbocycles. The number of aliphatic hydroxyl groups is 1. The van der Waals surface area contributed by atoms with E-state index in [0.29, 0.717) is 27.8 Å². The van der Waals surface area contributed by atoms with E-state index in [2.05, 4.69) is 4.98 Å². The summed E-state index contributed by atoms with van der Waals surface area (Å²) in [4.78, 5) is 4.58. The summed E-state index contributed by atoms with van der Waals surface area (Å²) in [5.74, 6) is 2.23. The van der Waals surface area contributed by atoms with Gasteiger partial charge in [-0.3, -0.25) is 0 Å². The van der Waals surface area contributed by atoms with Gasteiger partial charge in [-0.2, -0.15) is 0 Å². The fraction of sp³-hybridized carbons (Fsp3) is 0.250. The second kappa shape index (κ2) is 8.28. The van der Waals surface area contributed by atoms with Crippen molar-refractivity contribution < 1.29 is 24.1 Å². The van der Waals surface area contributed by atoms with Crippen LogP contribution in [0.4, 0.5) is 0 Å². The van der Waals surface area contributed by atoms with Crippen molar-refractivity contribution in [3.05, 3.63) is 52.3 Å². The molecule has 1 aromatic heterocycles. The minimum absolute atomic E-state index is 0.481.